The van der Waals surface area contributed by atoms with E-state index in [0.717, 1.165) is 6.07 Å². The lowest BCUT2D eigenvalue weighted by Crippen LogP contribution is -2.35. The van der Waals surface area contributed by atoms with Gasteiger partial charge >= 0.3 is 6.18 Å². The first-order valence-electron chi connectivity index (χ1n) is 6.19. The molecule has 1 N–H and O–H groups in total. The highest BCUT2D eigenvalue weighted by molar-refractivity contribution is 5.46. The maximum atomic E-state index is 12.8. The molecule has 5 nitrogen and oxygen atoms in total. The van der Waals surface area contributed by atoms with E-state index in [4.69, 9.17) is 4.74 Å². The van der Waals surface area contributed by atoms with E-state index in [1.54, 1.807) is 12.0 Å². The van der Waals surface area contributed by atoms with Gasteiger partial charge in [0, 0.05) is 32.8 Å². The van der Waals surface area contributed by atoms with Crippen LogP contribution in [0.25, 0.3) is 0 Å². The highest BCUT2D eigenvalue weighted by Gasteiger charge is 2.34. The van der Waals surface area contributed by atoms with E-state index >= 15 is 0 Å². The van der Waals surface area contributed by atoms with Crippen molar-refractivity contribution in [2.24, 2.45) is 0 Å². The Kier molecular flexibility index (Phi) is 5.55. The number of alkyl halides is 3. The molecule has 0 saturated heterocycles. The number of anilines is 2. The standard InChI is InChI=1S/C12H19F3N4O/c1-8(2)19(5-6-20-4)10-7-9(12(13,14)15)17-11(16-3)18-10/h7-8H,5-6H2,1-4H3,(H,16,17,18). The molecule has 1 heterocycles. The van der Waals surface area contributed by atoms with Crippen LogP contribution in [0.15, 0.2) is 6.07 Å². The maximum Gasteiger partial charge on any atom is 0.433 e. The normalized spacial score (nSPS) is 11.8. The Balaban J connectivity index is 3.19. The van der Waals surface area contributed by atoms with E-state index in [1.165, 1.54) is 7.05 Å². The molecular formula is C12H19F3N4O. The van der Waals surface area contributed by atoms with E-state index in [2.05, 4.69) is 15.3 Å². The minimum Gasteiger partial charge on any atom is -0.383 e. The summed E-state index contributed by atoms with van der Waals surface area (Å²) in [6.45, 7) is 4.61. The maximum absolute atomic E-state index is 12.8. The predicted octanol–water partition coefficient (Wildman–Crippen LogP) is 2.40. The second-order valence-corrected chi connectivity index (χ2v) is 4.46. The van der Waals surface area contributed by atoms with Gasteiger partial charge in [-0.05, 0) is 13.8 Å². The Morgan fingerprint density at radius 3 is 2.45 bits per heavy atom. The van der Waals surface area contributed by atoms with Gasteiger partial charge in [-0.15, -0.1) is 0 Å². The van der Waals surface area contributed by atoms with Crippen molar-refractivity contribution >= 4 is 11.8 Å². The highest BCUT2D eigenvalue weighted by Crippen LogP contribution is 2.30. The summed E-state index contributed by atoms with van der Waals surface area (Å²) in [5, 5.41) is 2.55. The van der Waals surface area contributed by atoms with Gasteiger partial charge in [-0.25, -0.2) is 4.98 Å². The zero-order chi connectivity index (χ0) is 15.3. The Labute approximate surface area is 116 Å². The molecule has 8 heteroatoms. The third-order valence-corrected chi connectivity index (χ3v) is 2.68. The summed E-state index contributed by atoms with van der Waals surface area (Å²) in [6, 6.07) is 0.946. The molecule has 1 aromatic rings. The van der Waals surface area contributed by atoms with Gasteiger partial charge in [-0.3, -0.25) is 0 Å². The molecule has 0 unspecified atom stereocenters. The van der Waals surface area contributed by atoms with Gasteiger partial charge in [0.15, 0.2) is 5.69 Å². The average Bonchev–Trinajstić information content (AvgIpc) is 2.37. The Bertz CT molecular complexity index is 437. The Hall–Kier alpha value is -1.57. The molecule has 0 bridgehead atoms. The van der Waals surface area contributed by atoms with Crippen LogP contribution in [0.5, 0.6) is 0 Å². The summed E-state index contributed by atoms with van der Waals surface area (Å²) in [4.78, 5) is 9.27. The fourth-order valence-electron chi connectivity index (χ4n) is 1.67. The van der Waals surface area contributed by atoms with Crippen molar-refractivity contribution in [3.8, 4) is 0 Å². The van der Waals surface area contributed by atoms with E-state index in [0.29, 0.717) is 13.2 Å². The number of hydrogen-bond acceptors (Lipinski definition) is 5. The van der Waals surface area contributed by atoms with Crippen molar-refractivity contribution in [2.75, 3.05) is 37.5 Å². The highest BCUT2D eigenvalue weighted by atomic mass is 19.4. The third kappa shape index (κ3) is 4.22. The van der Waals surface area contributed by atoms with Crippen LogP contribution in [0, 0.1) is 0 Å². The first-order chi connectivity index (χ1) is 9.29. The molecule has 1 aromatic heterocycles. The first kappa shape index (κ1) is 16.5. The largest absolute Gasteiger partial charge is 0.433 e. The molecule has 1 rings (SSSR count). The molecule has 114 valence electrons. The van der Waals surface area contributed by atoms with E-state index in [1.807, 2.05) is 13.8 Å². The van der Waals surface area contributed by atoms with Crippen LogP contribution in [-0.2, 0) is 10.9 Å². The topological polar surface area (TPSA) is 50.3 Å². The number of nitrogens with zero attached hydrogens (tertiary/aromatic N) is 3. The summed E-state index contributed by atoms with van der Waals surface area (Å²) < 4.78 is 43.5. The minimum absolute atomic E-state index is 0.00848. The van der Waals surface area contributed by atoms with Crippen LogP contribution < -0.4 is 10.2 Å². The molecule has 0 fully saturated rings. The number of hydrogen-bond donors (Lipinski definition) is 1. The summed E-state index contributed by atoms with van der Waals surface area (Å²) in [5.41, 5.74) is -0.963. The van der Waals surface area contributed by atoms with Gasteiger partial charge in [-0.2, -0.15) is 18.2 Å². The number of ether oxygens (including phenoxy) is 1. The fourth-order valence-corrected chi connectivity index (χ4v) is 1.67. The van der Waals surface area contributed by atoms with Gasteiger partial charge in [0.2, 0.25) is 5.95 Å². The quantitative estimate of drug-likeness (QED) is 0.872. The number of rotatable bonds is 6. The third-order valence-electron chi connectivity index (χ3n) is 2.68. The van der Waals surface area contributed by atoms with Crippen LogP contribution in [0.4, 0.5) is 24.9 Å². The molecule has 0 aromatic carbocycles. The first-order valence-corrected chi connectivity index (χ1v) is 6.19. The van der Waals surface area contributed by atoms with Gasteiger partial charge in [0.25, 0.3) is 0 Å². The Morgan fingerprint density at radius 2 is 2.00 bits per heavy atom. The van der Waals surface area contributed by atoms with Crippen molar-refractivity contribution in [3.05, 3.63) is 11.8 Å². The zero-order valence-electron chi connectivity index (χ0n) is 12.0. The molecular weight excluding hydrogens is 273 g/mol. The van der Waals surface area contributed by atoms with Crippen LogP contribution in [0.3, 0.4) is 0 Å². The lowest BCUT2D eigenvalue weighted by atomic mass is 10.3. The molecule has 20 heavy (non-hydrogen) atoms. The van der Waals surface area contributed by atoms with Crippen LogP contribution in [0.1, 0.15) is 19.5 Å². The fraction of sp³-hybridized carbons (Fsp3) is 0.667. The molecule has 0 atom stereocenters. The summed E-state index contributed by atoms with van der Waals surface area (Å²) in [5.74, 6) is 0.168. The van der Waals surface area contributed by atoms with E-state index in [-0.39, 0.29) is 17.8 Å². The van der Waals surface area contributed by atoms with E-state index in [9.17, 15) is 13.2 Å². The molecule has 0 spiro atoms. The number of methoxy groups -OCH3 is 1. The van der Waals surface area contributed by atoms with Crippen molar-refractivity contribution < 1.29 is 17.9 Å². The SMILES string of the molecule is CNc1nc(N(CCOC)C(C)C)cc(C(F)(F)F)n1. The second kappa shape index (κ2) is 6.74. The molecule has 0 aliphatic heterocycles. The number of aromatic nitrogens is 2. The molecule has 0 aliphatic carbocycles. The summed E-state index contributed by atoms with van der Waals surface area (Å²) in [6.07, 6.45) is -4.51. The average molecular weight is 292 g/mol. The van der Waals surface area contributed by atoms with Crippen molar-refractivity contribution in [3.63, 3.8) is 0 Å². The summed E-state index contributed by atoms with van der Waals surface area (Å²) in [7, 11) is 3.02. The van der Waals surface area contributed by atoms with E-state index < -0.39 is 11.9 Å². The van der Waals surface area contributed by atoms with Crippen molar-refractivity contribution in [1.29, 1.82) is 0 Å². The smallest absolute Gasteiger partial charge is 0.383 e. The van der Waals surface area contributed by atoms with Crippen LogP contribution >= 0.6 is 0 Å². The summed E-state index contributed by atoms with van der Waals surface area (Å²) >= 11 is 0. The second-order valence-electron chi connectivity index (χ2n) is 4.46. The Morgan fingerprint density at radius 1 is 1.35 bits per heavy atom. The zero-order valence-corrected chi connectivity index (χ0v) is 12.0. The van der Waals surface area contributed by atoms with Gasteiger partial charge in [-0.1, -0.05) is 0 Å². The number of halogens is 3. The lowest BCUT2D eigenvalue weighted by molar-refractivity contribution is -0.141. The molecule has 0 saturated carbocycles. The van der Waals surface area contributed by atoms with Gasteiger partial charge in [0.1, 0.15) is 5.82 Å². The van der Waals surface area contributed by atoms with Crippen molar-refractivity contribution in [2.45, 2.75) is 26.1 Å². The van der Waals surface area contributed by atoms with Crippen LogP contribution in [0.2, 0.25) is 0 Å². The number of nitrogens with one attached hydrogen (secondary N) is 1. The monoisotopic (exact) mass is 292 g/mol. The van der Waals surface area contributed by atoms with Gasteiger partial charge in [0.05, 0.1) is 6.61 Å². The predicted molar refractivity (Wildman–Crippen MR) is 70.9 cm³/mol. The minimum atomic E-state index is -4.51. The lowest BCUT2D eigenvalue weighted by Gasteiger charge is -2.28. The van der Waals surface area contributed by atoms with Crippen molar-refractivity contribution in [1.82, 2.24) is 9.97 Å². The molecule has 0 aliphatic rings. The van der Waals surface area contributed by atoms with Crippen LogP contribution in [-0.4, -0.2) is 43.3 Å². The molecule has 0 radical (unpaired) electrons. The van der Waals surface area contributed by atoms with Gasteiger partial charge < -0.3 is 15.0 Å². The molecule has 0 amide bonds.